The molecule has 0 aliphatic carbocycles. The van der Waals surface area contributed by atoms with Crippen LogP contribution in [0.1, 0.15) is 39.4 Å². The van der Waals surface area contributed by atoms with Crippen LogP contribution in [0.5, 0.6) is 0 Å². The number of aromatic amines is 1. The maximum Gasteiger partial charge on any atom is 0.260 e. The fraction of sp³-hybridized carbons (Fsp3) is 0.750. The van der Waals surface area contributed by atoms with E-state index in [1.807, 2.05) is 13.8 Å². The summed E-state index contributed by atoms with van der Waals surface area (Å²) in [6.07, 6.45) is 3.99. The Kier molecular flexibility index (Phi) is 3.77. The van der Waals surface area contributed by atoms with E-state index < -0.39 is 10.0 Å². The Bertz CT molecular complexity index is 509. The topological polar surface area (TPSA) is 66.1 Å². The van der Waals surface area contributed by atoms with E-state index in [1.165, 1.54) is 6.20 Å². The van der Waals surface area contributed by atoms with Crippen LogP contribution >= 0.6 is 0 Å². The molecular formula is C12H21N3O2S. The number of H-pyrrole nitrogens is 1. The molecule has 1 saturated heterocycles. The molecule has 0 saturated carbocycles. The molecule has 1 N–H and O–H groups in total. The van der Waals surface area contributed by atoms with Crippen molar-refractivity contribution in [3.8, 4) is 0 Å². The lowest BCUT2D eigenvalue weighted by Gasteiger charge is -2.34. The summed E-state index contributed by atoms with van der Waals surface area (Å²) in [5.74, 6) is 1.31. The van der Waals surface area contributed by atoms with Crippen molar-refractivity contribution >= 4 is 10.0 Å². The Morgan fingerprint density at radius 1 is 1.50 bits per heavy atom. The van der Waals surface area contributed by atoms with Gasteiger partial charge < -0.3 is 4.98 Å². The summed E-state index contributed by atoms with van der Waals surface area (Å²) in [6, 6.07) is 0.0622. The molecule has 6 heteroatoms. The van der Waals surface area contributed by atoms with Crippen molar-refractivity contribution in [2.45, 2.75) is 51.1 Å². The quantitative estimate of drug-likeness (QED) is 0.911. The van der Waals surface area contributed by atoms with Crippen LogP contribution in [-0.4, -0.2) is 35.3 Å². The van der Waals surface area contributed by atoms with E-state index in [1.54, 1.807) is 4.31 Å². The molecule has 0 bridgehead atoms. The monoisotopic (exact) mass is 271 g/mol. The number of rotatable bonds is 3. The van der Waals surface area contributed by atoms with Crippen molar-refractivity contribution in [1.29, 1.82) is 0 Å². The molecule has 2 unspecified atom stereocenters. The molecule has 1 aromatic rings. The molecule has 0 aromatic carbocycles. The highest BCUT2D eigenvalue weighted by Gasteiger charge is 2.34. The van der Waals surface area contributed by atoms with Crippen molar-refractivity contribution in [3.63, 3.8) is 0 Å². The number of nitrogens with one attached hydrogen (secondary N) is 1. The fourth-order valence-corrected chi connectivity index (χ4v) is 4.11. The molecule has 1 fully saturated rings. The Labute approximate surface area is 109 Å². The van der Waals surface area contributed by atoms with Gasteiger partial charge in [0.1, 0.15) is 5.82 Å². The summed E-state index contributed by atoms with van der Waals surface area (Å²) in [5, 5.41) is 0.223. The number of aromatic nitrogens is 2. The lowest BCUT2D eigenvalue weighted by Crippen LogP contribution is -2.44. The van der Waals surface area contributed by atoms with Crippen LogP contribution in [0.3, 0.4) is 0 Å². The van der Waals surface area contributed by atoms with Crippen LogP contribution in [0, 0.1) is 5.92 Å². The first kappa shape index (κ1) is 13.5. The van der Waals surface area contributed by atoms with Gasteiger partial charge in [-0.25, -0.2) is 13.4 Å². The molecule has 1 aromatic heterocycles. The largest absolute Gasteiger partial charge is 0.332 e. The summed E-state index contributed by atoms with van der Waals surface area (Å²) in [6.45, 7) is 6.70. The minimum atomic E-state index is -3.41. The number of sulfonamides is 1. The molecule has 18 heavy (non-hydrogen) atoms. The van der Waals surface area contributed by atoms with E-state index >= 15 is 0 Å². The van der Waals surface area contributed by atoms with Crippen LogP contribution in [-0.2, 0) is 16.4 Å². The van der Waals surface area contributed by atoms with Crippen LogP contribution in [0.25, 0.3) is 0 Å². The van der Waals surface area contributed by atoms with Crippen molar-refractivity contribution in [3.05, 3.63) is 12.0 Å². The van der Waals surface area contributed by atoms with Crippen molar-refractivity contribution in [1.82, 2.24) is 14.3 Å². The molecule has 2 atom stereocenters. The maximum atomic E-state index is 12.5. The summed E-state index contributed by atoms with van der Waals surface area (Å²) in [5.41, 5.74) is 0. The van der Waals surface area contributed by atoms with E-state index in [4.69, 9.17) is 0 Å². The van der Waals surface area contributed by atoms with Crippen molar-refractivity contribution in [2.24, 2.45) is 5.92 Å². The van der Waals surface area contributed by atoms with Gasteiger partial charge in [0.25, 0.3) is 10.0 Å². The van der Waals surface area contributed by atoms with Crippen molar-refractivity contribution < 1.29 is 8.42 Å². The van der Waals surface area contributed by atoms with Gasteiger partial charge in [0.15, 0.2) is 5.03 Å². The molecule has 2 rings (SSSR count). The summed E-state index contributed by atoms with van der Waals surface area (Å²) < 4.78 is 26.6. The highest BCUT2D eigenvalue weighted by Crippen LogP contribution is 2.27. The second kappa shape index (κ2) is 5.01. The lowest BCUT2D eigenvalue weighted by atomic mass is 9.95. The number of hydrogen-bond acceptors (Lipinski definition) is 3. The number of nitrogens with zero attached hydrogens (tertiary/aromatic N) is 2. The Morgan fingerprint density at radius 3 is 2.78 bits per heavy atom. The van der Waals surface area contributed by atoms with E-state index in [0.717, 1.165) is 12.8 Å². The first-order valence-electron chi connectivity index (χ1n) is 6.51. The average Bonchev–Trinajstić information content (AvgIpc) is 2.77. The number of hydrogen-bond donors (Lipinski definition) is 1. The minimum Gasteiger partial charge on any atom is -0.332 e. The Balaban J connectivity index is 2.25. The van der Waals surface area contributed by atoms with Gasteiger partial charge in [0, 0.05) is 19.0 Å². The van der Waals surface area contributed by atoms with Crippen LogP contribution in [0.4, 0.5) is 0 Å². The average molecular weight is 271 g/mol. The number of piperidine rings is 1. The summed E-state index contributed by atoms with van der Waals surface area (Å²) >= 11 is 0. The predicted octanol–water partition coefficient (Wildman–Crippen LogP) is 1.78. The Morgan fingerprint density at radius 2 is 2.22 bits per heavy atom. The smallest absolute Gasteiger partial charge is 0.260 e. The molecule has 5 nitrogen and oxygen atoms in total. The van der Waals surface area contributed by atoms with Gasteiger partial charge in [-0.3, -0.25) is 0 Å². The standard InChI is InChI=1S/C12H21N3O2S/c1-4-11-13-8-12(14-11)18(16,17)15-6-5-9(2)7-10(15)3/h8-10H,4-7H2,1-3H3,(H,13,14). The van der Waals surface area contributed by atoms with Crippen molar-refractivity contribution in [2.75, 3.05) is 6.54 Å². The third kappa shape index (κ3) is 2.44. The van der Waals surface area contributed by atoms with E-state index in [0.29, 0.717) is 24.7 Å². The zero-order valence-corrected chi connectivity index (χ0v) is 12.0. The van der Waals surface area contributed by atoms with Gasteiger partial charge in [0.05, 0.1) is 6.20 Å². The Hall–Kier alpha value is -0.880. The van der Waals surface area contributed by atoms with Gasteiger partial charge in [0.2, 0.25) is 0 Å². The second-order valence-corrected chi connectivity index (χ2v) is 7.00. The van der Waals surface area contributed by atoms with Gasteiger partial charge in [-0.15, -0.1) is 0 Å². The highest BCUT2D eigenvalue weighted by molar-refractivity contribution is 7.89. The molecule has 2 heterocycles. The van der Waals surface area contributed by atoms with E-state index in [-0.39, 0.29) is 11.1 Å². The fourth-order valence-electron chi connectivity index (χ4n) is 2.52. The first-order chi connectivity index (χ1) is 8.45. The predicted molar refractivity (Wildman–Crippen MR) is 69.7 cm³/mol. The van der Waals surface area contributed by atoms with Gasteiger partial charge in [-0.1, -0.05) is 13.8 Å². The molecule has 1 aliphatic heterocycles. The van der Waals surface area contributed by atoms with Gasteiger partial charge in [-0.05, 0) is 25.7 Å². The molecule has 0 amide bonds. The van der Waals surface area contributed by atoms with E-state index in [2.05, 4.69) is 16.9 Å². The summed E-state index contributed by atoms with van der Waals surface area (Å²) in [7, 11) is -3.41. The molecule has 1 aliphatic rings. The van der Waals surface area contributed by atoms with Crippen LogP contribution < -0.4 is 0 Å². The van der Waals surface area contributed by atoms with Gasteiger partial charge >= 0.3 is 0 Å². The molecule has 0 radical (unpaired) electrons. The third-order valence-electron chi connectivity index (χ3n) is 3.60. The maximum absolute atomic E-state index is 12.5. The molecular weight excluding hydrogens is 250 g/mol. The highest BCUT2D eigenvalue weighted by atomic mass is 32.2. The number of aryl methyl sites for hydroxylation is 1. The zero-order chi connectivity index (χ0) is 13.3. The zero-order valence-electron chi connectivity index (χ0n) is 11.2. The first-order valence-corrected chi connectivity index (χ1v) is 7.95. The molecule has 102 valence electrons. The normalized spacial score (nSPS) is 26.4. The third-order valence-corrected chi connectivity index (χ3v) is 5.53. The minimum absolute atomic E-state index is 0.0622. The lowest BCUT2D eigenvalue weighted by molar-refractivity contribution is 0.219. The van der Waals surface area contributed by atoms with Gasteiger partial charge in [-0.2, -0.15) is 4.31 Å². The second-order valence-electron chi connectivity index (χ2n) is 5.14. The van der Waals surface area contributed by atoms with Crippen LogP contribution in [0.2, 0.25) is 0 Å². The van der Waals surface area contributed by atoms with Crippen LogP contribution in [0.15, 0.2) is 11.2 Å². The SMILES string of the molecule is CCc1ncc(S(=O)(=O)N2CCC(C)CC2C)[nH]1. The van der Waals surface area contributed by atoms with E-state index in [9.17, 15) is 8.42 Å². The number of imidazole rings is 1. The molecule has 0 spiro atoms. The summed E-state index contributed by atoms with van der Waals surface area (Å²) in [4.78, 5) is 6.97.